The summed E-state index contributed by atoms with van der Waals surface area (Å²) in [7, 11) is -4.71. The van der Waals surface area contributed by atoms with E-state index in [0.29, 0.717) is 5.75 Å². The topological polar surface area (TPSA) is 88.6 Å². The van der Waals surface area contributed by atoms with Crippen LogP contribution in [0.15, 0.2) is 11.0 Å². The van der Waals surface area contributed by atoms with E-state index in [-0.39, 0.29) is 16.7 Å². The number of hydrogen-bond donors (Lipinski definition) is 1. The Balaban J connectivity index is 2.61. The summed E-state index contributed by atoms with van der Waals surface area (Å²) in [5.41, 5.74) is 3.38. The third-order valence-corrected chi connectivity index (χ3v) is 17.5. The number of ether oxygens (including phenoxy) is 1. The zero-order valence-electron chi connectivity index (χ0n) is 23.0. The lowest BCUT2D eigenvalue weighted by Gasteiger charge is -2.45. The van der Waals surface area contributed by atoms with Crippen LogP contribution in [0, 0.1) is 5.82 Å². The maximum absolute atomic E-state index is 16.3. The minimum atomic E-state index is -2.48. The minimum absolute atomic E-state index is 0.0720. The molecule has 2 N–H and O–H groups in total. The Morgan fingerprint density at radius 2 is 1.71 bits per heavy atom. The highest BCUT2D eigenvalue weighted by Gasteiger charge is 2.60. The smallest absolute Gasteiger partial charge is 0.351 e. The van der Waals surface area contributed by atoms with Gasteiger partial charge in [0.2, 0.25) is 0 Å². The van der Waals surface area contributed by atoms with Crippen LogP contribution in [0.25, 0.3) is 0 Å². The van der Waals surface area contributed by atoms with Crippen molar-refractivity contribution in [3.8, 4) is 0 Å². The molecule has 0 radical (unpaired) electrons. The van der Waals surface area contributed by atoms with Gasteiger partial charge in [-0.15, -0.1) is 0 Å². The fraction of sp³-hybridized carbons (Fsp3) is 0.826. The van der Waals surface area contributed by atoms with Crippen LogP contribution in [-0.4, -0.2) is 62.7 Å². The zero-order valence-corrected chi connectivity index (χ0v) is 25.8. The first-order chi connectivity index (χ1) is 15.7. The lowest BCUT2D eigenvalue weighted by atomic mass is 9.99. The highest BCUT2D eigenvalue weighted by molar-refractivity contribution is 7.98. The molecule has 1 fully saturated rings. The number of halogens is 2. The van der Waals surface area contributed by atoms with Gasteiger partial charge in [0.05, 0.1) is 12.8 Å². The first-order valence-corrected chi connectivity index (χ1v) is 19.1. The summed E-state index contributed by atoms with van der Waals surface area (Å²) in [5.74, 6) is -1.08. The van der Waals surface area contributed by atoms with Crippen LogP contribution >= 0.6 is 11.8 Å². The largest absolute Gasteiger partial charge is 0.414 e. The zero-order chi connectivity index (χ0) is 27.2. The predicted octanol–water partition coefficient (Wildman–Crippen LogP) is 5.35. The highest BCUT2D eigenvalue weighted by Crippen LogP contribution is 2.48. The lowest BCUT2D eigenvalue weighted by molar-refractivity contribution is -0.109. The van der Waals surface area contributed by atoms with Crippen molar-refractivity contribution in [1.29, 1.82) is 0 Å². The van der Waals surface area contributed by atoms with Gasteiger partial charge >= 0.3 is 5.69 Å². The van der Waals surface area contributed by atoms with Gasteiger partial charge < -0.3 is 19.3 Å². The lowest BCUT2D eigenvalue weighted by Crippen LogP contribution is -2.57. The molecule has 0 saturated carbocycles. The van der Waals surface area contributed by atoms with Crippen molar-refractivity contribution in [2.24, 2.45) is 0 Å². The summed E-state index contributed by atoms with van der Waals surface area (Å²) in [6, 6.07) is 0. The quantitative estimate of drug-likeness (QED) is 0.436. The molecule has 1 aliphatic heterocycles. The first kappa shape index (κ1) is 30.4. The molecule has 0 unspecified atom stereocenters. The standard InChI is InChI=1S/C23H43F2N3O4SSi2/c1-21(2,3)34(8,9)30-13-23(14-33-7)17(32-35(10,11)22(4,5)6)16(25)19(31-23)28-12-15(24)18(26)27-20(28)29/h12,16-17,19H,13-14H2,1-11H3,(H2,26,27,29)/t16-,17-,19+,23-/m0/s1. The van der Waals surface area contributed by atoms with E-state index in [1.807, 2.05) is 19.3 Å². The molecular weight excluding hydrogens is 509 g/mol. The van der Waals surface area contributed by atoms with Crippen molar-refractivity contribution in [1.82, 2.24) is 9.55 Å². The Kier molecular flexibility index (Phi) is 8.84. The van der Waals surface area contributed by atoms with Crippen LogP contribution in [0.1, 0.15) is 47.8 Å². The van der Waals surface area contributed by atoms with Gasteiger partial charge in [-0.2, -0.15) is 16.7 Å². The number of nitrogen functional groups attached to an aromatic ring is 1. The summed E-state index contributed by atoms with van der Waals surface area (Å²) in [6.07, 6.45) is -1.43. The van der Waals surface area contributed by atoms with Crippen LogP contribution in [0.4, 0.5) is 14.6 Å². The molecule has 1 aromatic rings. The summed E-state index contributed by atoms with van der Waals surface area (Å²) < 4.78 is 51.0. The normalized spacial score (nSPS) is 26.4. The van der Waals surface area contributed by atoms with Crippen molar-refractivity contribution in [3.63, 3.8) is 0 Å². The fourth-order valence-corrected chi connectivity index (χ4v) is 6.54. The molecule has 12 heteroatoms. The number of nitrogens with two attached hydrogens (primary N) is 1. The van der Waals surface area contributed by atoms with Crippen molar-refractivity contribution in [3.05, 3.63) is 22.5 Å². The molecule has 0 bridgehead atoms. The Bertz CT molecular complexity index is 966. The van der Waals surface area contributed by atoms with Crippen molar-refractivity contribution in [2.45, 2.75) is 102 Å². The number of thioether (sulfide) groups is 1. The average molecular weight is 552 g/mol. The van der Waals surface area contributed by atoms with Crippen LogP contribution in [-0.2, 0) is 13.6 Å². The SMILES string of the molecule is CSC[C@]1(CO[Si](C)(C)C(C)(C)C)O[C@@H](n2cc(F)c(N)nc2=O)[C@@H](F)[C@@H]1O[Si](C)(C)C(C)(C)C. The van der Waals surface area contributed by atoms with E-state index >= 15 is 4.39 Å². The van der Waals surface area contributed by atoms with Crippen molar-refractivity contribution < 1.29 is 22.4 Å². The summed E-state index contributed by atoms with van der Waals surface area (Å²) in [6.45, 7) is 21.0. The van der Waals surface area contributed by atoms with E-state index in [9.17, 15) is 9.18 Å². The van der Waals surface area contributed by atoms with E-state index < -0.39 is 58.1 Å². The van der Waals surface area contributed by atoms with Gasteiger partial charge in [0.15, 0.2) is 40.7 Å². The second-order valence-electron chi connectivity index (χ2n) is 12.5. The Labute approximate surface area is 214 Å². The molecule has 2 rings (SSSR count). The molecule has 202 valence electrons. The number of aromatic nitrogens is 2. The van der Waals surface area contributed by atoms with Gasteiger partial charge in [0.1, 0.15) is 11.7 Å². The maximum atomic E-state index is 16.3. The van der Waals surface area contributed by atoms with E-state index in [1.165, 1.54) is 11.8 Å². The predicted molar refractivity (Wildman–Crippen MR) is 144 cm³/mol. The average Bonchev–Trinajstić information content (AvgIpc) is 2.94. The van der Waals surface area contributed by atoms with E-state index in [2.05, 4.69) is 59.6 Å². The fourth-order valence-electron chi connectivity index (χ4n) is 3.37. The monoisotopic (exact) mass is 551 g/mol. The van der Waals surface area contributed by atoms with E-state index in [0.717, 1.165) is 10.8 Å². The Morgan fingerprint density at radius 3 is 2.20 bits per heavy atom. The number of nitrogens with zero attached hydrogens (tertiary/aromatic N) is 2. The molecule has 4 atom stereocenters. The van der Waals surface area contributed by atoms with Gasteiger partial charge in [-0.3, -0.25) is 4.57 Å². The third kappa shape index (κ3) is 6.20. The molecule has 7 nitrogen and oxygen atoms in total. The van der Waals surface area contributed by atoms with Gasteiger partial charge in [-0.1, -0.05) is 41.5 Å². The van der Waals surface area contributed by atoms with Crippen LogP contribution in [0.3, 0.4) is 0 Å². The molecule has 0 amide bonds. The molecule has 0 spiro atoms. The summed E-state index contributed by atoms with van der Waals surface area (Å²) in [4.78, 5) is 16.1. The summed E-state index contributed by atoms with van der Waals surface area (Å²) in [5, 5.41) is -0.265. The van der Waals surface area contributed by atoms with Crippen molar-refractivity contribution in [2.75, 3.05) is 24.3 Å². The first-order valence-electron chi connectivity index (χ1n) is 11.9. The molecular formula is C23H43F2N3O4SSi2. The third-order valence-electron chi connectivity index (χ3n) is 7.74. The molecule has 2 heterocycles. The molecule has 0 aliphatic carbocycles. The second-order valence-corrected chi connectivity index (χ2v) is 22.9. The van der Waals surface area contributed by atoms with Crippen LogP contribution < -0.4 is 11.4 Å². The molecule has 1 saturated heterocycles. The molecule has 0 aromatic carbocycles. The van der Waals surface area contributed by atoms with E-state index in [4.69, 9.17) is 19.3 Å². The van der Waals surface area contributed by atoms with Crippen LogP contribution in [0.2, 0.25) is 36.3 Å². The number of rotatable bonds is 8. The number of alkyl halides is 1. The highest BCUT2D eigenvalue weighted by atomic mass is 32.2. The van der Waals surface area contributed by atoms with Crippen LogP contribution in [0.5, 0.6) is 0 Å². The Morgan fingerprint density at radius 1 is 1.17 bits per heavy atom. The number of hydrogen-bond acceptors (Lipinski definition) is 7. The van der Waals surface area contributed by atoms with Gasteiger partial charge in [-0.05, 0) is 42.5 Å². The van der Waals surface area contributed by atoms with Crippen molar-refractivity contribution >= 4 is 34.2 Å². The van der Waals surface area contributed by atoms with Gasteiger partial charge in [0, 0.05) is 5.75 Å². The second kappa shape index (κ2) is 10.2. The van der Waals surface area contributed by atoms with Gasteiger partial charge in [-0.25, -0.2) is 13.6 Å². The molecule has 1 aliphatic rings. The molecule has 1 aromatic heterocycles. The minimum Gasteiger partial charge on any atom is -0.414 e. The van der Waals surface area contributed by atoms with E-state index in [1.54, 1.807) is 0 Å². The Hall–Kier alpha value is -0.796. The summed E-state index contributed by atoms with van der Waals surface area (Å²) >= 11 is 1.48. The number of anilines is 1. The molecule has 35 heavy (non-hydrogen) atoms. The maximum Gasteiger partial charge on any atom is 0.351 e. The van der Waals surface area contributed by atoms with Gasteiger partial charge in [0.25, 0.3) is 0 Å².